The van der Waals surface area contributed by atoms with Crippen molar-refractivity contribution < 1.29 is 0 Å². The van der Waals surface area contributed by atoms with Crippen molar-refractivity contribution in [1.82, 2.24) is 9.13 Å². The van der Waals surface area contributed by atoms with Gasteiger partial charge in [0.15, 0.2) is 0 Å². The number of anilines is 3. The summed E-state index contributed by atoms with van der Waals surface area (Å²) in [5.41, 5.74) is 15.2. The Labute approximate surface area is 266 Å². The van der Waals surface area contributed by atoms with Crippen LogP contribution >= 0.6 is 0 Å². The molecule has 0 spiro atoms. The Morgan fingerprint density at radius 2 is 0.957 bits per heavy atom. The molecule has 212 valence electrons. The molecule has 0 amide bonds. The van der Waals surface area contributed by atoms with Crippen LogP contribution in [0.25, 0.3) is 55.0 Å². The maximum Gasteiger partial charge on any atom is 0.252 e. The van der Waals surface area contributed by atoms with Crippen LogP contribution in [0.3, 0.4) is 0 Å². The fraction of sp³-hybridized carbons (Fsp3) is 0. The van der Waals surface area contributed by atoms with Gasteiger partial charge >= 0.3 is 0 Å². The SMILES string of the molecule is c1ccc(N2c3ccccc3B3c4c2cccc4-n2c4cc5c6ccccc6n(-c6ccccc6)c5cc4c4cccc3c42)cc1. The molecule has 0 radical (unpaired) electrons. The van der Waals surface area contributed by atoms with E-state index in [0.29, 0.717) is 0 Å². The number of rotatable bonds is 2. The Hall–Kier alpha value is -6.00. The summed E-state index contributed by atoms with van der Waals surface area (Å²) in [6.45, 7) is 0.149. The molecule has 11 rings (SSSR count). The first-order valence-corrected chi connectivity index (χ1v) is 16.0. The van der Waals surface area contributed by atoms with Gasteiger partial charge in [-0.15, -0.1) is 0 Å². The van der Waals surface area contributed by atoms with Crippen molar-refractivity contribution in [2.45, 2.75) is 0 Å². The van der Waals surface area contributed by atoms with Gasteiger partial charge in [0, 0.05) is 55.5 Å². The van der Waals surface area contributed by atoms with Crippen LogP contribution < -0.4 is 21.3 Å². The summed E-state index contributed by atoms with van der Waals surface area (Å²) in [4.78, 5) is 2.45. The summed E-state index contributed by atoms with van der Waals surface area (Å²) in [5.74, 6) is 0. The zero-order valence-electron chi connectivity index (χ0n) is 24.9. The largest absolute Gasteiger partial charge is 0.311 e. The molecule has 7 aromatic carbocycles. The van der Waals surface area contributed by atoms with E-state index in [-0.39, 0.29) is 6.71 Å². The van der Waals surface area contributed by atoms with Crippen LogP contribution in [0.4, 0.5) is 17.1 Å². The minimum atomic E-state index is 0.149. The average Bonchev–Trinajstić information content (AvgIpc) is 3.62. The molecule has 0 atom stereocenters. The Morgan fingerprint density at radius 1 is 0.370 bits per heavy atom. The quantitative estimate of drug-likeness (QED) is 0.186. The zero-order valence-corrected chi connectivity index (χ0v) is 24.9. The predicted octanol–water partition coefficient (Wildman–Crippen LogP) is 8.49. The molecule has 46 heavy (non-hydrogen) atoms. The van der Waals surface area contributed by atoms with Gasteiger partial charge in [0.25, 0.3) is 6.71 Å². The van der Waals surface area contributed by atoms with Gasteiger partial charge in [-0.3, -0.25) is 0 Å². The van der Waals surface area contributed by atoms with Crippen LogP contribution in [0.15, 0.2) is 158 Å². The van der Waals surface area contributed by atoms with E-state index >= 15 is 0 Å². The normalized spacial score (nSPS) is 13.1. The molecule has 0 saturated carbocycles. The van der Waals surface area contributed by atoms with Crippen molar-refractivity contribution in [2.75, 3.05) is 4.90 Å². The van der Waals surface area contributed by atoms with Crippen molar-refractivity contribution in [3.63, 3.8) is 0 Å². The lowest BCUT2D eigenvalue weighted by atomic mass is 9.34. The van der Waals surface area contributed by atoms with Gasteiger partial charge < -0.3 is 14.0 Å². The van der Waals surface area contributed by atoms with Crippen LogP contribution in [0.5, 0.6) is 0 Å². The molecule has 0 aliphatic carbocycles. The summed E-state index contributed by atoms with van der Waals surface area (Å²) in [5, 5.41) is 5.14. The maximum atomic E-state index is 2.56. The smallest absolute Gasteiger partial charge is 0.252 e. The van der Waals surface area contributed by atoms with Gasteiger partial charge in [-0.2, -0.15) is 0 Å². The van der Waals surface area contributed by atoms with E-state index < -0.39 is 0 Å². The molecule has 2 aliphatic heterocycles. The van der Waals surface area contributed by atoms with Crippen LogP contribution in [0.1, 0.15) is 0 Å². The number of para-hydroxylation sites is 5. The molecular weight excluding hydrogens is 557 g/mol. The van der Waals surface area contributed by atoms with Crippen molar-refractivity contribution in [2.24, 2.45) is 0 Å². The fourth-order valence-electron chi connectivity index (χ4n) is 8.52. The van der Waals surface area contributed by atoms with E-state index in [2.05, 4.69) is 172 Å². The summed E-state index contributed by atoms with van der Waals surface area (Å²) in [7, 11) is 0. The summed E-state index contributed by atoms with van der Waals surface area (Å²) in [6, 6.07) is 58.0. The van der Waals surface area contributed by atoms with E-state index in [9.17, 15) is 0 Å². The third-order valence-electron chi connectivity index (χ3n) is 10.3. The van der Waals surface area contributed by atoms with Gasteiger partial charge in [0.05, 0.1) is 16.6 Å². The maximum absolute atomic E-state index is 2.56. The monoisotopic (exact) mass is 583 g/mol. The number of nitrogens with zero attached hydrogens (tertiary/aromatic N) is 3. The molecule has 4 heteroatoms. The Morgan fingerprint density at radius 3 is 1.80 bits per heavy atom. The Balaban J connectivity index is 1.30. The van der Waals surface area contributed by atoms with Crippen LogP contribution in [-0.2, 0) is 0 Å². The topological polar surface area (TPSA) is 13.1 Å². The Kier molecular flexibility index (Phi) is 4.66. The highest BCUT2D eigenvalue weighted by Crippen LogP contribution is 2.43. The molecule has 9 aromatic rings. The molecule has 2 aromatic heterocycles. The minimum absolute atomic E-state index is 0.149. The lowest BCUT2D eigenvalue weighted by molar-refractivity contribution is 1.17. The molecule has 0 bridgehead atoms. The second kappa shape index (κ2) is 8.80. The van der Waals surface area contributed by atoms with Crippen LogP contribution in [0, 0.1) is 0 Å². The molecule has 0 unspecified atom stereocenters. The first-order chi connectivity index (χ1) is 22.9. The van der Waals surface area contributed by atoms with Gasteiger partial charge in [0.2, 0.25) is 0 Å². The fourth-order valence-corrected chi connectivity index (χ4v) is 8.52. The van der Waals surface area contributed by atoms with Crippen molar-refractivity contribution in [3.05, 3.63) is 158 Å². The number of aromatic nitrogens is 2. The van der Waals surface area contributed by atoms with E-state index in [4.69, 9.17) is 0 Å². The van der Waals surface area contributed by atoms with E-state index in [1.54, 1.807) is 0 Å². The highest BCUT2D eigenvalue weighted by Gasteiger charge is 2.41. The average molecular weight is 584 g/mol. The molecule has 4 heterocycles. The first kappa shape index (κ1) is 24.3. The first-order valence-electron chi connectivity index (χ1n) is 16.0. The van der Waals surface area contributed by atoms with Gasteiger partial charge in [-0.1, -0.05) is 97.1 Å². The molecular formula is C42H26BN3. The van der Waals surface area contributed by atoms with Gasteiger partial charge in [-0.25, -0.2) is 0 Å². The molecule has 0 saturated heterocycles. The van der Waals surface area contributed by atoms with Crippen molar-refractivity contribution >= 4 is 83.8 Å². The van der Waals surface area contributed by atoms with Crippen molar-refractivity contribution in [1.29, 1.82) is 0 Å². The second-order valence-corrected chi connectivity index (χ2v) is 12.5. The Bertz CT molecular complexity index is 2700. The number of hydrogen-bond donors (Lipinski definition) is 0. The molecule has 0 N–H and O–H groups in total. The highest BCUT2D eigenvalue weighted by molar-refractivity contribution is 7.00. The number of fused-ring (bicyclic) bond motifs is 10. The zero-order chi connectivity index (χ0) is 29.9. The molecule has 2 aliphatic rings. The van der Waals surface area contributed by atoms with Gasteiger partial charge in [-0.05, 0) is 77.1 Å². The summed E-state index contributed by atoms with van der Waals surface area (Å²) >= 11 is 0. The third kappa shape index (κ3) is 2.99. The van der Waals surface area contributed by atoms with E-state index in [1.165, 1.54) is 88.4 Å². The van der Waals surface area contributed by atoms with Crippen LogP contribution in [0.2, 0.25) is 0 Å². The lowest BCUT2D eigenvalue weighted by Crippen LogP contribution is -2.60. The lowest BCUT2D eigenvalue weighted by Gasteiger charge is -2.40. The van der Waals surface area contributed by atoms with Crippen molar-refractivity contribution in [3.8, 4) is 11.4 Å². The van der Waals surface area contributed by atoms with Crippen LogP contribution in [-0.4, -0.2) is 15.8 Å². The minimum Gasteiger partial charge on any atom is -0.311 e. The summed E-state index contributed by atoms with van der Waals surface area (Å²) < 4.78 is 4.98. The van der Waals surface area contributed by atoms with E-state index in [1.807, 2.05) is 0 Å². The standard InChI is InChI=1S/C42H26BN3/c1-3-13-27(14-4-1)44-35-21-9-7-17-29(35)31-25-40-32(26-39(31)44)30-18-11-20-34-42(30)46(40)38-24-12-23-37-41(38)43(34)33-19-8-10-22-36(33)45(37)28-15-5-2-6-16-28/h1-26H. The van der Waals surface area contributed by atoms with Gasteiger partial charge in [0.1, 0.15) is 0 Å². The number of benzene rings is 7. The predicted molar refractivity (Wildman–Crippen MR) is 194 cm³/mol. The number of hydrogen-bond acceptors (Lipinski definition) is 1. The molecule has 0 fully saturated rings. The highest BCUT2D eigenvalue weighted by atomic mass is 15.2. The second-order valence-electron chi connectivity index (χ2n) is 12.5. The summed E-state index contributed by atoms with van der Waals surface area (Å²) in [6.07, 6.45) is 0. The molecule has 3 nitrogen and oxygen atoms in total. The van der Waals surface area contributed by atoms with E-state index in [0.717, 1.165) is 0 Å². The third-order valence-corrected chi connectivity index (χ3v) is 10.3.